The normalized spacial score (nSPS) is 14.6. The van der Waals surface area contributed by atoms with Gasteiger partial charge in [0, 0.05) is 24.7 Å². The van der Waals surface area contributed by atoms with Crippen LogP contribution in [0.2, 0.25) is 0 Å². The number of rotatable bonds is 9. The molecule has 0 radical (unpaired) electrons. The molecule has 0 spiro atoms. The molecule has 0 bridgehead atoms. The van der Waals surface area contributed by atoms with E-state index < -0.39 is 11.2 Å². The lowest BCUT2D eigenvalue weighted by Crippen LogP contribution is -2.47. The van der Waals surface area contributed by atoms with E-state index >= 15 is 0 Å². The first-order chi connectivity index (χ1) is 16.3. The lowest BCUT2D eigenvalue weighted by atomic mass is 9.95. The molecule has 10 heteroatoms. The van der Waals surface area contributed by atoms with Gasteiger partial charge in [-0.3, -0.25) is 28.8 Å². The molecule has 2 aromatic rings. The highest BCUT2D eigenvalue weighted by Crippen LogP contribution is 2.21. The Labute approximate surface area is 198 Å². The molecule has 1 saturated heterocycles. The zero-order valence-corrected chi connectivity index (χ0v) is 19.9. The number of H-pyrrole nitrogens is 1. The number of aromatic amines is 1. The minimum absolute atomic E-state index is 0.00805. The van der Waals surface area contributed by atoms with Gasteiger partial charge in [-0.2, -0.15) is 0 Å². The Morgan fingerprint density at radius 2 is 1.82 bits per heavy atom. The van der Waals surface area contributed by atoms with E-state index in [2.05, 4.69) is 10.3 Å². The molecule has 1 aliphatic heterocycles. The fourth-order valence-corrected chi connectivity index (χ4v) is 4.23. The molecule has 0 atom stereocenters. The number of nitrogens with zero attached hydrogens (tertiary/aromatic N) is 3. The third kappa shape index (κ3) is 5.93. The summed E-state index contributed by atoms with van der Waals surface area (Å²) in [7, 11) is 0. The van der Waals surface area contributed by atoms with Crippen molar-refractivity contribution in [3.8, 4) is 0 Å². The molecule has 1 aromatic heterocycles. The van der Waals surface area contributed by atoms with Crippen LogP contribution in [0.25, 0.3) is 0 Å². The Morgan fingerprint density at radius 1 is 1.15 bits per heavy atom. The molecule has 0 unspecified atom stereocenters. The summed E-state index contributed by atoms with van der Waals surface area (Å²) in [6.07, 6.45) is 2.87. The van der Waals surface area contributed by atoms with E-state index in [0.29, 0.717) is 32.5 Å². The van der Waals surface area contributed by atoms with E-state index in [4.69, 9.17) is 5.73 Å². The molecular weight excluding hydrogens is 436 g/mol. The lowest BCUT2D eigenvalue weighted by Gasteiger charge is -2.32. The summed E-state index contributed by atoms with van der Waals surface area (Å²) >= 11 is 0. The number of carbonyl (C=O) groups excluding carboxylic acids is 2. The minimum Gasteiger partial charge on any atom is -0.383 e. The Kier molecular flexibility index (Phi) is 8.64. The van der Waals surface area contributed by atoms with Gasteiger partial charge in [0.05, 0.1) is 6.54 Å². The smallest absolute Gasteiger partial charge is 0.330 e. The van der Waals surface area contributed by atoms with E-state index in [1.165, 1.54) is 9.47 Å². The summed E-state index contributed by atoms with van der Waals surface area (Å²) in [5.74, 6) is -0.392. The summed E-state index contributed by atoms with van der Waals surface area (Å²) < 4.78 is 1.31. The van der Waals surface area contributed by atoms with Crippen molar-refractivity contribution >= 4 is 29.0 Å². The number of aromatic nitrogens is 2. The van der Waals surface area contributed by atoms with Crippen molar-refractivity contribution < 1.29 is 9.59 Å². The molecule has 3 rings (SSSR count). The van der Waals surface area contributed by atoms with Crippen molar-refractivity contribution in [2.45, 2.75) is 46.1 Å². The maximum atomic E-state index is 13.1. The number of amides is 2. The van der Waals surface area contributed by atoms with Gasteiger partial charge in [-0.15, -0.1) is 0 Å². The SMILES string of the molecule is CCCCn1c(N)c(N(CC)C(=O)CN2CCC(C(=O)Nc3ccccc3)CC2)c(=O)[nH]c1=O. The van der Waals surface area contributed by atoms with Crippen LogP contribution in [0.5, 0.6) is 0 Å². The molecule has 2 amide bonds. The number of nitrogen functional groups attached to an aromatic ring is 1. The third-order valence-corrected chi connectivity index (χ3v) is 6.20. The van der Waals surface area contributed by atoms with E-state index in [0.717, 1.165) is 18.5 Å². The number of unbranched alkanes of at least 4 members (excludes halogenated alkanes) is 1. The van der Waals surface area contributed by atoms with Crippen LogP contribution in [0.3, 0.4) is 0 Å². The van der Waals surface area contributed by atoms with E-state index in [1.54, 1.807) is 6.92 Å². The first-order valence-electron chi connectivity index (χ1n) is 11.9. The number of hydrogen-bond acceptors (Lipinski definition) is 6. The fourth-order valence-electron chi connectivity index (χ4n) is 4.23. The van der Waals surface area contributed by atoms with Gasteiger partial charge >= 0.3 is 5.69 Å². The summed E-state index contributed by atoms with van der Waals surface area (Å²) in [6.45, 7) is 5.66. The second-order valence-corrected chi connectivity index (χ2v) is 8.54. The van der Waals surface area contributed by atoms with Gasteiger partial charge in [0.2, 0.25) is 11.8 Å². The Hall–Kier alpha value is -3.40. The molecule has 34 heavy (non-hydrogen) atoms. The van der Waals surface area contributed by atoms with Crippen molar-refractivity contribution in [3.05, 3.63) is 51.2 Å². The monoisotopic (exact) mass is 470 g/mol. The van der Waals surface area contributed by atoms with Crippen LogP contribution in [-0.2, 0) is 16.1 Å². The quantitative estimate of drug-likeness (QED) is 0.510. The van der Waals surface area contributed by atoms with Gasteiger partial charge in [-0.1, -0.05) is 31.5 Å². The lowest BCUT2D eigenvalue weighted by molar-refractivity contribution is -0.122. The van der Waals surface area contributed by atoms with Gasteiger partial charge in [-0.05, 0) is 51.4 Å². The maximum Gasteiger partial charge on any atom is 0.330 e. The maximum absolute atomic E-state index is 13.1. The Bertz CT molecular complexity index is 1100. The van der Waals surface area contributed by atoms with Crippen molar-refractivity contribution in [1.82, 2.24) is 14.5 Å². The molecule has 10 nitrogen and oxygen atoms in total. The van der Waals surface area contributed by atoms with Crippen LogP contribution in [0.1, 0.15) is 39.5 Å². The van der Waals surface area contributed by atoms with Crippen LogP contribution in [0, 0.1) is 5.92 Å². The molecule has 4 N–H and O–H groups in total. The van der Waals surface area contributed by atoms with Crippen molar-refractivity contribution in [1.29, 1.82) is 0 Å². The minimum atomic E-state index is -0.665. The van der Waals surface area contributed by atoms with Gasteiger partial charge in [-0.25, -0.2) is 4.79 Å². The van der Waals surface area contributed by atoms with Crippen molar-refractivity contribution in [2.24, 2.45) is 5.92 Å². The average molecular weight is 471 g/mol. The van der Waals surface area contributed by atoms with Gasteiger partial charge in [0.25, 0.3) is 5.56 Å². The summed E-state index contributed by atoms with van der Waals surface area (Å²) in [6, 6.07) is 9.34. The van der Waals surface area contributed by atoms with Crippen LogP contribution in [0.4, 0.5) is 17.2 Å². The predicted molar refractivity (Wildman–Crippen MR) is 133 cm³/mol. The first kappa shape index (κ1) is 25.2. The highest BCUT2D eigenvalue weighted by Gasteiger charge is 2.29. The molecule has 184 valence electrons. The fraction of sp³-hybridized carbons (Fsp3) is 0.500. The van der Waals surface area contributed by atoms with Crippen LogP contribution in [0.15, 0.2) is 39.9 Å². The number of likely N-dealkylation sites (tertiary alicyclic amines) is 1. The molecule has 1 fully saturated rings. The number of benzene rings is 1. The van der Waals surface area contributed by atoms with E-state index in [-0.39, 0.29) is 42.3 Å². The van der Waals surface area contributed by atoms with Crippen LogP contribution in [-0.4, -0.2) is 52.4 Å². The molecule has 0 aliphatic carbocycles. The standard InChI is InChI=1S/C24H34N6O4/c1-3-5-13-30-21(25)20(23(33)27-24(30)34)29(4-2)19(31)16-28-14-11-17(12-15-28)22(32)26-18-9-7-6-8-10-18/h6-10,17H,3-5,11-16,25H2,1-2H3,(H,26,32)(H,27,33,34). The number of nitrogens with two attached hydrogens (primary N) is 1. The first-order valence-corrected chi connectivity index (χ1v) is 11.9. The third-order valence-electron chi connectivity index (χ3n) is 6.20. The Balaban J connectivity index is 1.64. The second kappa shape index (κ2) is 11.6. The number of para-hydroxylation sites is 1. The second-order valence-electron chi connectivity index (χ2n) is 8.54. The highest BCUT2D eigenvalue weighted by molar-refractivity contribution is 5.97. The molecule has 2 heterocycles. The number of hydrogen-bond donors (Lipinski definition) is 3. The largest absolute Gasteiger partial charge is 0.383 e. The molecular formula is C24H34N6O4. The average Bonchev–Trinajstić information content (AvgIpc) is 2.82. The van der Waals surface area contributed by atoms with Gasteiger partial charge in [0.1, 0.15) is 5.82 Å². The number of anilines is 3. The predicted octanol–water partition coefficient (Wildman–Crippen LogP) is 1.62. The summed E-state index contributed by atoms with van der Waals surface area (Å²) in [5.41, 5.74) is 5.73. The molecule has 1 aromatic carbocycles. The highest BCUT2D eigenvalue weighted by atomic mass is 16.2. The zero-order chi connectivity index (χ0) is 24.7. The van der Waals surface area contributed by atoms with Crippen molar-refractivity contribution in [3.63, 3.8) is 0 Å². The number of piperidine rings is 1. The summed E-state index contributed by atoms with van der Waals surface area (Å²) in [4.78, 5) is 56.0. The van der Waals surface area contributed by atoms with Crippen LogP contribution < -0.4 is 27.2 Å². The van der Waals surface area contributed by atoms with Gasteiger partial charge in [0.15, 0.2) is 5.69 Å². The topological polar surface area (TPSA) is 134 Å². The number of nitrogens with one attached hydrogen (secondary N) is 2. The number of carbonyl (C=O) groups is 2. The summed E-state index contributed by atoms with van der Waals surface area (Å²) in [5, 5.41) is 2.94. The zero-order valence-electron chi connectivity index (χ0n) is 19.9. The molecule has 1 aliphatic rings. The number of likely N-dealkylation sites (N-methyl/N-ethyl adjacent to an activating group) is 1. The molecule has 0 saturated carbocycles. The van der Waals surface area contributed by atoms with Crippen molar-refractivity contribution in [2.75, 3.05) is 42.1 Å². The van der Waals surface area contributed by atoms with E-state index in [1.807, 2.05) is 42.2 Å². The van der Waals surface area contributed by atoms with Gasteiger partial charge < -0.3 is 16.0 Å². The van der Waals surface area contributed by atoms with E-state index in [9.17, 15) is 19.2 Å². The Morgan fingerprint density at radius 3 is 2.44 bits per heavy atom. The van der Waals surface area contributed by atoms with Crippen LogP contribution >= 0.6 is 0 Å².